The maximum atomic E-state index is 12.6. The first-order valence-corrected chi connectivity index (χ1v) is 8.56. The second-order valence-electron chi connectivity index (χ2n) is 6.06. The lowest BCUT2D eigenvalue weighted by Crippen LogP contribution is -2.16. The molecule has 1 amide bonds. The van der Waals surface area contributed by atoms with Crippen molar-refractivity contribution < 1.29 is 4.79 Å². The molecule has 0 unspecified atom stereocenters. The Labute approximate surface area is 157 Å². The maximum absolute atomic E-state index is 12.6. The van der Waals surface area contributed by atoms with E-state index in [1.165, 1.54) is 0 Å². The van der Waals surface area contributed by atoms with E-state index in [0.29, 0.717) is 22.4 Å². The summed E-state index contributed by atoms with van der Waals surface area (Å²) in [6.07, 6.45) is 0. The fraction of sp³-hybridized carbons (Fsp3) is 0.150. The summed E-state index contributed by atoms with van der Waals surface area (Å²) in [6.45, 7) is 5.80. The Hall–Kier alpha value is -2.92. The SMILES string of the molecule is Cc1cc(C(=O)Nc2cccc(C)c2C)nc(Nc2cccc(Cl)c2)n1. The molecule has 0 atom stereocenters. The van der Waals surface area contributed by atoms with Gasteiger partial charge in [0.2, 0.25) is 5.95 Å². The minimum atomic E-state index is -0.279. The molecule has 0 aliphatic rings. The molecule has 0 aliphatic heterocycles. The molecule has 0 aliphatic carbocycles. The van der Waals surface area contributed by atoms with Gasteiger partial charge in [-0.2, -0.15) is 0 Å². The van der Waals surface area contributed by atoms with Crippen LogP contribution in [0.5, 0.6) is 0 Å². The highest BCUT2D eigenvalue weighted by atomic mass is 35.5. The van der Waals surface area contributed by atoms with Gasteiger partial charge in [-0.3, -0.25) is 4.79 Å². The molecule has 0 spiro atoms. The number of anilines is 3. The van der Waals surface area contributed by atoms with E-state index in [1.807, 2.05) is 51.1 Å². The molecule has 0 saturated carbocycles. The van der Waals surface area contributed by atoms with Gasteiger partial charge in [-0.25, -0.2) is 9.97 Å². The third-order valence-corrected chi connectivity index (χ3v) is 4.26. The Balaban J connectivity index is 1.84. The number of nitrogens with one attached hydrogen (secondary N) is 2. The minimum absolute atomic E-state index is 0.279. The van der Waals surface area contributed by atoms with Gasteiger partial charge in [0.25, 0.3) is 5.91 Å². The van der Waals surface area contributed by atoms with Crippen LogP contribution >= 0.6 is 11.6 Å². The van der Waals surface area contributed by atoms with E-state index >= 15 is 0 Å². The van der Waals surface area contributed by atoms with Crippen LogP contribution in [0, 0.1) is 20.8 Å². The zero-order valence-electron chi connectivity index (χ0n) is 14.8. The largest absolute Gasteiger partial charge is 0.324 e. The molecule has 2 N–H and O–H groups in total. The monoisotopic (exact) mass is 366 g/mol. The number of carbonyl (C=O) groups excluding carboxylic acids is 1. The van der Waals surface area contributed by atoms with Gasteiger partial charge >= 0.3 is 0 Å². The topological polar surface area (TPSA) is 66.9 Å². The Morgan fingerprint density at radius 3 is 2.54 bits per heavy atom. The highest BCUT2D eigenvalue weighted by Gasteiger charge is 2.13. The molecule has 0 saturated heterocycles. The first kappa shape index (κ1) is 17.9. The van der Waals surface area contributed by atoms with Gasteiger partial charge < -0.3 is 10.6 Å². The summed E-state index contributed by atoms with van der Waals surface area (Å²) in [5.41, 5.74) is 4.66. The molecular formula is C20H19ClN4O. The van der Waals surface area contributed by atoms with E-state index in [9.17, 15) is 4.79 Å². The van der Waals surface area contributed by atoms with Gasteiger partial charge in [0.1, 0.15) is 5.69 Å². The molecule has 5 nitrogen and oxygen atoms in total. The summed E-state index contributed by atoms with van der Waals surface area (Å²) in [7, 11) is 0. The average Bonchev–Trinajstić information content (AvgIpc) is 2.58. The normalized spacial score (nSPS) is 10.5. The van der Waals surface area contributed by atoms with E-state index in [1.54, 1.807) is 18.2 Å². The predicted molar refractivity (Wildman–Crippen MR) is 105 cm³/mol. The predicted octanol–water partition coefficient (Wildman–Crippen LogP) is 5.05. The lowest BCUT2D eigenvalue weighted by molar-refractivity contribution is 0.102. The first-order chi connectivity index (χ1) is 12.4. The van der Waals surface area contributed by atoms with Crippen LogP contribution in [0.25, 0.3) is 0 Å². The smallest absolute Gasteiger partial charge is 0.274 e. The number of rotatable bonds is 4. The highest BCUT2D eigenvalue weighted by Crippen LogP contribution is 2.20. The number of amides is 1. The fourth-order valence-corrected chi connectivity index (χ4v) is 2.70. The van der Waals surface area contributed by atoms with Crippen molar-refractivity contribution in [3.63, 3.8) is 0 Å². The van der Waals surface area contributed by atoms with E-state index in [4.69, 9.17) is 11.6 Å². The van der Waals surface area contributed by atoms with Crippen LogP contribution in [0.3, 0.4) is 0 Å². The molecule has 0 bridgehead atoms. The van der Waals surface area contributed by atoms with E-state index in [-0.39, 0.29) is 5.91 Å². The number of nitrogens with zero attached hydrogens (tertiary/aromatic N) is 2. The van der Waals surface area contributed by atoms with Gasteiger partial charge in [0, 0.05) is 22.1 Å². The van der Waals surface area contributed by atoms with Crippen LogP contribution in [0.15, 0.2) is 48.5 Å². The number of hydrogen-bond donors (Lipinski definition) is 2. The van der Waals surface area contributed by atoms with Crippen LogP contribution in [0.1, 0.15) is 27.3 Å². The molecule has 132 valence electrons. The summed E-state index contributed by atoms with van der Waals surface area (Å²) in [6, 6.07) is 14.7. The van der Waals surface area contributed by atoms with Crippen molar-refractivity contribution in [3.05, 3.63) is 76.1 Å². The summed E-state index contributed by atoms with van der Waals surface area (Å²) in [4.78, 5) is 21.3. The lowest BCUT2D eigenvalue weighted by atomic mass is 10.1. The Morgan fingerprint density at radius 2 is 1.77 bits per heavy atom. The summed E-state index contributed by atoms with van der Waals surface area (Å²) >= 11 is 6.00. The van der Waals surface area contributed by atoms with Crippen LogP contribution in [-0.2, 0) is 0 Å². The van der Waals surface area contributed by atoms with Crippen molar-refractivity contribution >= 4 is 34.8 Å². The molecular weight excluding hydrogens is 348 g/mol. The second kappa shape index (κ2) is 7.54. The molecule has 26 heavy (non-hydrogen) atoms. The quantitative estimate of drug-likeness (QED) is 0.678. The number of hydrogen-bond acceptors (Lipinski definition) is 4. The molecule has 3 rings (SSSR count). The Bertz CT molecular complexity index is 972. The number of aromatic nitrogens is 2. The van der Waals surface area contributed by atoms with Crippen molar-refractivity contribution in [1.29, 1.82) is 0 Å². The van der Waals surface area contributed by atoms with Gasteiger partial charge in [-0.05, 0) is 62.2 Å². The van der Waals surface area contributed by atoms with E-state index in [0.717, 1.165) is 22.5 Å². The van der Waals surface area contributed by atoms with E-state index < -0.39 is 0 Å². The maximum Gasteiger partial charge on any atom is 0.274 e. The molecule has 0 fully saturated rings. The number of halogens is 1. The molecule has 1 aromatic heterocycles. The van der Waals surface area contributed by atoms with Crippen molar-refractivity contribution in [3.8, 4) is 0 Å². The zero-order chi connectivity index (χ0) is 18.7. The summed E-state index contributed by atoms with van der Waals surface area (Å²) in [5, 5.41) is 6.60. The van der Waals surface area contributed by atoms with Gasteiger partial charge in [0.05, 0.1) is 0 Å². The zero-order valence-corrected chi connectivity index (χ0v) is 15.6. The molecule has 2 aromatic carbocycles. The lowest BCUT2D eigenvalue weighted by Gasteiger charge is -2.11. The van der Waals surface area contributed by atoms with Crippen molar-refractivity contribution in [2.45, 2.75) is 20.8 Å². The number of aryl methyl sites for hydroxylation is 2. The standard InChI is InChI=1S/C20H19ClN4O/c1-12-6-4-9-17(14(12)3)24-19(26)18-10-13(2)22-20(25-18)23-16-8-5-7-15(21)11-16/h4-11H,1-3H3,(H,24,26)(H,22,23,25). The highest BCUT2D eigenvalue weighted by molar-refractivity contribution is 6.30. The summed E-state index contributed by atoms with van der Waals surface area (Å²) in [5.74, 6) is 0.0664. The van der Waals surface area contributed by atoms with Gasteiger partial charge in [-0.1, -0.05) is 29.8 Å². The molecule has 6 heteroatoms. The third kappa shape index (κ3) is 4.18. The third-order valence-electron chi connectivity index (χ3n) is 4.02. The first-order valence-electron chi connectivity index (χ1n) is 8.18. The van der Waals surface area contributed by atoms with Crippen LogP contribution in [-0.4, -0.2) is 15.9 Å². The second-order valence-corrected chi connectivity index (χ2v) is 6.49. The van der Waals surface area contributed by atoms with Crippen LogP contribution in [0.4, 0.5) is 17.3 Å². The molecule has 3 aromatic rings. The van der Waals surface area contributed by atoms with Crippen molar-refractivity contribution in [2.24, 2.45) is 0 Å². The Morgan fingerprint density at radius 1 is 1.00 bits per heavy atom. The van der Waals surface area contributed by atoms with Crippen LogP contribution < -0.4 is 10.6 Å². The summed E-state index contributed by atoms with van der Waals surface area (Å²) < 4.78 is 0. The Kier molecular flexibility index (Phi) is 5.19. The average molecular weight is 367 g/mol. The van der Waals surface area contributed by atoms with Crippen LogP contribution in [0.2, 0.25) is 5.02 Å². The van der Waals surface area contributed by atoms with Crippen molar-refractivity contribution in [2.75, 3.05) is 10.6 Å². The van der Waals surface area contributed by atoms with E-state index in [2.05, 4.69) is 20.6 Å². The fourth-order valence-electron chi connectivity index (χ4n) is 2.51. The number of carbonyl (C=O) groups is 1. The number of benzene rings is 2. The minimum Gasteiger partial charge on any atom is -0.324 e. The molecule has 1 heterocycles. The molecule has 0 radical (unpaired) electrons. The van der Waals surface area contributed by atoms with Crippen molar-refractivity contribution in [1.82, 2.24) is 9.97 Å². The van der Waals surface area contributed by atoms with Gasteiger partial charge in [0.15, 0.2) is 0 Å². The van der Waals surface area contributed by atoms with Gasteiger partial charge in [-0.15, -0.1) is 0 Å².